The van der Waals surface area contributed by atoms with Gasteiger partial charge in [-0.15, -0.1) is 0 Å². The molecule has 0 saturated heterocycles. The standard InChI is InChI=1S/C32H30F4IN2OP/c33-26-16-12-23(13-17-26)29-27(18-21-10-14-25(15-11-21)32(34,35)36)30(24-8-4-5-9-24)39-31(28(29)20-40-41-37)38-19-22-6-2-1-3-7-22/h1-3,6-7,10-17,24,41H,4-5,8-9,18-20H2,(H,38,39). The van der Waals surface area contributed by atoms with E-state index in [1.807, 2.05) is 30.3 Å². The molecular formula is C32H30F4IN2OP. The number of nitrogens with zero attached hydrogens (tertiary/aromatic N) is 1. The Morgan fingerprint density at radius 1 is 0.878 bits per heavy atom. The minimum atomic E-state index is -4.40. The molecular weight excluding hydrogens is 662 g/mol. The van der Waals surface area contributed by atoms with Gasteiger partial charge in [-0.3, -0.25) is 0 Å². The molecule has 1 N–H and O–H groups in total. The zero-order valence-corrected chi connectivity index (χ0v) is 25.4. The quantitative estimate of drug-likeness (QED) is 0.102. The van der Waals surface area contributed by atoms with Crippen LogP contribution in [0.25, 0.3) is 11.1 Å². The third-order valence-electron chi connectivity index (χ3n) is 7.54. The first kappa shape index (κ1) is 29.9. The average molecular weight is 692 g/mol. The second kappa shape index (κ2) is 13.6. The van der Waals surface area contributed by atoms with Crippen LogP contribution in [-0.4, -0.2) is 4.98 Å². The van der Waals surface area contributed by atoms with E-state index >= 15 is 0 Å². The zero-order valence-electron chi connectivity index (χ0n) is 22.3. The van der Waals surface area contributed by atoms with Crippen molar-refractivity contribution in [2.75, 3.05) is 5.32 Å². The second-order valence-corrected chi connectivity index (χ2v) is 12.0. The molecule has 1 heterocycles. The van der Waals surface area contributed by atoms with Gasteiger partial charge in [0, 0.05) is 18.0 Å². The molecule has 9 heteroatoms. The highest BCUT2D eigenvalue weighted by Crippen LogP contribution is 2.43. The molecule has 214 valence electrons. The van der Waals surface area contributed by atoms with Gasteiger partial charge in [-0.1, -0.05) is 67.4 Å². The minimum absolute atomic E-state index is 0.220. The number of aromatic nitrogens is 1. The summed E-state index contributed by atoms with van der Waals surface area (Å²) in [6, 6.07) is 21.8. The van der Waals surface area contributed by atoms with Gasteiger partial charge in [0.25, 0.3) is 0 Å². The van der Waals surface area contributed by atoms with Gasteiger partial charge in [0.1, 0.15) is 11.6 Å². The lowest BCUT2D eigenvalue weighted by Gasteiger charge is -2.25. The molecule has 3 aromatic carbocycles. The van der Waals surface area contributed by atoms with Gasteiger partial charge >= 0.3 is 6.18 Å². The van der Waals surface area contributed by atoms with Crippen molar-refractivity contribution in [1.82, 2.24) is 4.98 Å². The van der Waals surface area contributed by atoms with Crippen molar-refractivity contribution in [2.45, 2.75) is 57.3 Å². The topological polar surface area (TPSA) is 34.1 Å². The minimum Gasteiger partial charge on any atom is -0.366 e. The van der Waals surface area contributed by atoms with Gasteiger partial charge < -0.3 is 9.84 Å². The molecule has 1 atom stereocenters. The number of anilines is 1. The predicted molar refractivity (Wildman–Crippen MR) is 166 cm³/mol. The Bertz CT molecular complexity index is 1440. The van der Waals surface area contributed by atoms with Crippen LogP contribution in [-0.2, 0) is 30.3 Å². The van der Waals surface area contributed by atoms with Crippen LogP contribution in [0, 0.1) is 5.82 Å². The fraction of sp³-hybridized carbons (Fsp3) is 0.281. The Morgan fingerprint density at radius 3 is 2.20 bits per heavy atom. The second-order valence-electron chi connectivity index (χ2n) is 10.2. The van der Waals surface area contributed by atoms with Crippen LogP contribution in [0.4, 0.5) is 23.4 Å². The van der Waals surface area contributed by atoms with Crippen LogP contribution in [0.2, 0.25) is 0 Å². The maximum Gasteiger partial charge on any atom is 0.416 e. The molecule has 0 spiro atoms. The molecule has 5 rings (SSSR count). The fourth-order valence-electron chi connectivity index (χ4n) is 5.55. The molecule has 1 aliphatic rings. The van der Waals surface area contributed by atoms with E-state index in [1.54, 1.807) is 24.3 Å². The first-order chi connectivity index (χ1) is 19.8. The molecule has 0 aliphatic heterocycles. The molecule has 1 fully saturated rings. The first-order valence-electron chi connectivity index (χ1n) is 13.6. The monoisotopic (exact) mass is 692 g/mol. The Balaban J connectivity index is 1.68. The fourth-order valence-corrected chi connectivity index (χ4v) is 6.21. The van der Waals surface area contributed by atoms with Crippen LogP contribution < -0.4 is 5.32 Å². The first-order valence-corrected chi connectivity index (χ1v) is 17.6. The number of hydrogen-bond acceptors (Lipinski definition) is 3. The van der Waals surface area contributed by atoms with Crippen molar-refractivity contribution in [3.05, 3.63) is 118 Å². The molecule has 1 unspecified atom stereocenters. The number of nitrogens with one attached hydrogen (secondary N) is 1. The SMILES string of the molecule is Fc1ccc(-c2c(COPI)c(NCc3ccccc3)nc(C3CCCC3)c2Cc2ccc(C(F)(F)F)cc2)cc1. The molecule has 0 bridgehead atoms. The van der Waals surface area contributed by atoms with E-state index in [4.69, 9.17) is 9.51 Å². The lowest BCUT2D eigenvalue weighted by molar-refractivity contribution is -0.137. The lowest BCUT2D eigenvalue weighted by Crippen LogP contribution is -2.14. The molecule has 0 radical (unpaired) electrons. The Morgan fingerprint density at radius 2 is 1.56 bits per heavy atom. The predicted octanol–water partition coefficient (Wildman–Crippen LogP) is 10.2. The van der Waals surface area contributed by atoms with Crippen LogP contribution in [0.15, 0.2) is 78.9 Å². The highest BCUT2D eigenvalue weighted by Gasteiger charge is 2.31. The number of hydrogen-bond donors (Lipinski definition) is 1. The third-order valence-corrected chi connectivity index (χ3v) is 8.73. The number of halogens is 5. The van der Waals surface area contributed by atoms with E-state index in [2.05, 4.69) is 27.4 Å². The highest BCUT2D eigenvalue weighted by molar-refractivity contribution is 14.2. The van der Waals surface area contributed by atoms with E-state index in [0.717, 1.165) is 82.7 Å². The Hall–Kier alpha value is -2.55. The van der Waals surface area contributed by atoms with E-state index in [9.17, 15) is 17.6 Å². The van der Waals surface area contributed by atoms with E-state index in [-0.39, 0.29) is 18.2 Å². The molecule has 3 nitrogen and oxygen atoms in total. The Labute approximate surface area is 252 Å². The summed E-state index contributed by atoms with van der Waals surface area (Å²) in [6.45, 7) is 1.08. The lowest BCUT2D eigenvalue weighted by atomic mass is 9.86. The van der Waals surface area contributed by atoms with Crippen molar-refractivity contribution in [2.24, 2.45) is 0 Å². The smallest absolute Gasteiger partial charge is 0.366 e. The Kier molecular flexibility index (Phi) is 9.94. The van der Waals surface area contributed by atoms with Crippen LogP contribution >= 0.6 is 28.5 Å². The molecule has 0 amide bonds. The largest absolute Gasteiger partial charge is 0.416 e. The average Bonchev–Trinajstić information content (AvgIpc) is 3.51. The summed E-state index contributed by atoms with van der Waals surface area (Å²) in [6.07, 6.45) is 0.211. The van der Waals surface area contributed by atoms with Gasteiger partial charge in [0.2, 0.25) is 0 Å². The van der Waals surface area contributed by atoms with Gasteiger partial charge in [0.05, 0.1) is 24.3 Å². The summed E-state index contributed by atoms with van der Waals surface area (Å²) in [4.78, 5) is 5.23. The number of pyridine rings is 1. The molecule has 41 heavy (non-hydrogen) atoms. The van der Waals surface area contributed by atoms with E-state index < -0.39 is 11.7 Å². The van der Waals surface area contributed by atoms with Crippen LogP contribution in [0.1, 0.15) is 65.1 Å². The zero-order chi connectivity index (χ0) is 28.8. The van der Waals surface area contributed by atoms with Crippen molar-refractivity contribution < 1.29 is 22.1 Å². The van der Waals surface area contributed by atoms with E-state index in [0.29, 0.717) is 19.6 Å². The van der Waals surface area contributed by atoms with Crippen LogP contribution in [0.5, 0.6) is 0 Å². The van der Waals surface area contributed by atoms with Gasteiger partial charge in [-0.25, -0.2) is 9.37 Å². The molecule has 1 saturated carbocycles. The van der Waals surface area contributed by atoms with Crippen molar-refractivity contribution in [3.63, 3.8) is 0 Å². The summed E-state index contributed by atoms with van der Waals surface area (Å²) < 4.78 is 59.9. The maximum absolute atomic E-state index is 14.1. The molecule has 4 aromatic rings. The van der Waals surface area contributed by atoms with E-state index in [1.165, 1.54) is 12.1 Å². The van der Waals surface area contributed by atoms with Gasteiger partial charge in [-0.2, -0.15) is 13.2 Å². The number of rotatable bonds is 10. The summed E-state index contributed by atoms with van der Waals surface area (Å²) in [5, 5.41) is 3.55. The number of benzene rings is 3. The normalized spacial score (nSPS) is 14.3. The van der Waals surface area contributed by atoms with Gasteiger partial charge in [0.15, 0.2) is 0 Å². The third kappa shape index (κ3) is 7.46. The van der Waals surface area contributed by atoms with Crippen LogP contribution in [0.3, 0.4) is 0 Å². The van der Waals surface area contributed by atoms with Gasteiger partial charge in [-0.05, 0) is 93.4 Å². The molecule has 1 aliphatic carbocycles. The molecule has 1 aromatic heterocycles. The summed E-state index contributed by atoms with van der Waals surface area (Å²) in [5.74, 6) is 0.621. The summed E-state index contributed by atoms with van der Waals surface area (Å²) >= 11 is 2.18. The van der Waals surface area contributed by atoms with Crippen molar-refractivity contribution >= 4 is 34.3 Å². The van der Waals surface area contributed by atoms with Crippen molar-refractivity contribution in [1.29, 1.82) is 0 Å². The highest BCUT2D eigenvalue weighted by atomic mass is 127. The summed E-state index contributed by atoms with van der Waals surface area (Å²) in [5.41, 5.74) is 5.71. The van der Waals surface area contributed by atoms with Crippen molar-refractivity contribution in [3.8, 4) is 11.1 Å². The number of alkyl halides is 3. The summed E-state index contributed by atoms with van der Waals surface area (Å²) in [7, 11) is 0. The maximum atomic E-state index is 14.1.